The van der Waals surface area contributed by atoms with Gasteiger partial charge in [-0.3, -0.25) is 9.97 Å². The van der Waals surface area contributed by atoms with Crippen molar-refractivity contribution in [3.05, 3.63) is 57.7 Å². The number of hydrogen-bond acceptors (Lipinski definition) is 6. The fourth-order valence-electron chi connectivity index (χ4n) is 8.07. The lowest BCUT2D eigenvalue weighted by atomic mass is 9.58. The third-order valence-electron chi connectivity index (χ3n) is 11.5. The van der Waals surface area contributed by atoms with E-state index in [1.165, 1.54) is 36.6 Å². The number of aromatic nitrogens is 2. The maximum atomic E-state index is 13.6. The van der Waals surface area contributed by atoms with Gasteiger partial charge in [0, 0.05) is 71.1 Å². The molecule has 4 atom stereocenters. The van der Waals surface area contributed by atoms with Gasteiger partial charge in [0.1, 0.15) is 17.4 Å². The Balaban J connectivity index is 1.48. The number of halogens is 4. The number of hydrogen-bond donors (Lipinski definition) is 0. The highest BCUT2D eigenvalue weighted by atomic mass is 127. The number of fused-ring (bicyclic) bond motifs is 4. The van der Waals surface area contributed by atoms with Gasteiger partial charge in [0.25, 0.3) is 0 Å². The van der Waals surface area contributed by atoms with Crippen LogP contribution in [0.2, 0.25) is 0 Å². The molecule has 7 rings (SSSR count). The van der Waals surface area contributed by atoms with E-state index in [-0.39, 0.29) is 26.1 Å². The Labute approximate surface area is 286 Å². The maximum Gasteiger partial charge on any atom is 0.433 e. The predicted molar refractivity (Wildman–Crippen MR) is 182 cm³/mol. The Morgan fingerprint density at radius 2 is 1.74 bits per heavy atom. The number of nitrogens with zero attached hydrogens (tertiary/aromatic N) is 2. The van der Waals surface area contributed by atoms with Gasteiger partial charge in [-0.25, -0.2) is 0 Å². The summed E-state index contributed by atoms with van der Waals surface area (Å²) >= 11 is 2.48. The fourth-order valence-corrected chi connectivity index (χ4v) is 10.1. The lowest BCUT2D eigenvalue weighted by Gasteiger charge is -2.53. The van der Waals surface area contributed by atoms with Crippen LogP contribution in [-0.4, -0.2) is 57.6 Å². The first-order chi connectivity index (χ1) is 21.6. The lowest BCUT2D eigenvalue weighted by molar-refractivity contribution is -0.141. The van der Waals surface area contributed by atoms with Crippen LogP contribution in [0.15, 0.2) is 18.3 Å². The van der Waals surface area contributed by atoms with E-state index in [1.54, 1.807) is 6.07 Å². The van der Waals surface area contributed by atoms with E-state index < -0.39 is 33.9 Å². The minimum atomic E-state index is -4.51. The van der Waals surface area contributed by atoms with Crippen LogP contribution < -0.4 is 0 Å². The molecule has 3 fully saturated rings. The zero-order valence-corrected chi connectivity index (χ0v) is 30.4. The van der Waals surface area contributed by atoms with E-state index in [4.69, 9.17) is 23.4 Å². The van der Waals surface area contributed by atoms with E-state index in [0.717, 1.165) is 48.7 Å². The Morgan fingerprint density at radius 1 is 1.00 bits per heavy atom. The molecule has 2 saturated heterocycles. The van der Waals surface area contributed by atoms with E-state index in [2.05, 4.69) is 60.9 Å². The zero-order valence-electron chi connectivity index (χ0n) is 27.5. The third kappa shape index (κ3) is 5.64. The highest BCUT2D eigenvalue weighted by Gasteiger charge is 2.58. The van der Waals surface area contributed by atoms with Crippen LogP contribution in [0.25, 0.3) is 0 Å². The molecule has 0 radical (unpaired) electrons. The molecule has 2 aromatic heterocycles. The summed E-state index contributed by atoms with van der Waals surface area (Å²) in [5.74, 6) is 0.180. The molecule has 0 bridgehead atoms. The fraction of sp³-hybridized carbons (Fsp3) is 0.714. The van der Waals surface area contributed by atoms with Crippen LogP contribution in [0.4, 0.5) is 13.2 Å². The van der Waals surface area contributed by atoms with Crippen molar-refractivity contribution in [3.63, 3.8) is 0 Å². The van der Waals surface area contributed by atoms with E-state index in [1.807, 2.05) is 0 Å². The SMILES string of the molecule is CC(C)(C)S(C)(C)OC1CC2(CCC2)Cc2nc(C3CCOCC3)c3c(c21)C1(CCOCC1I)OC3c1ccc(C(F)(F)F)nc1. The molecule has 5 aliphatic rings. The minimum Gasteiger partial charge on any atom is -0.381 e. The summed E-state index contributed by atoms with van der Waals surface area (Å²) in [6, 6.07) is 2.62. The largest absolute Gasteiger partial charge is 0.433 e. The smallest absolute Gasteiger partial charge is 0.381 e. The number of alkyl halides is 4. The van der Waals surface area contributed by atoms with Crippen molar-refractivity contribution < 1.29 is 31.6 Å². The molecular formula is C35H46F3IN2O4S. The monoisotopic (exact) mass is 774 g/mol. The molecule has 1 saturated carbocycles. The standard InChI is InChI=1S/C35H46F3IN2O4S/c1-32(2,3)46(4,5)45-24-18-33(11-6-12-33)17-23-27(24)29-28(30(41-23)21-9-14-42-15-10-21)31(44-34(29)13-16-43-20-25(34)39)22-7-8-26(40-19-22)35(36,37)38/h7-8,19,21,24-25,31H,6,9-18,20H2,1-5H3. The second-order valence-electron chi connectivity index (χ2n) is 15.4. The van der Waals surface area contributed by atoms with Crippen molar-refractivity contribution in [2.24, 2.45) is 5.41 Å². The molecule has 0 aromatic carbocycles. The zero-order chi connectivity index (χ0) is 32.7. The topological polar surface area (TPSA) is 62.7 Å². The number of pyridine rings is 2. The van der Waals surface area contributed by atoms with Crippen molar-refractivity contribution in [2.45, 2.75) is 111 Å². The Hall–Kier alpha value is -0.990. The van der Waals surface area contributed by atoms with Gasteiger partial charge in [0.2, 0.25) is 0 Å². The summed E-state index contributed by atoms with van der Waals surface area (Å²) in [4.78, 5) is 9.51. The number of ether oxygens (including phenoxy) is 3. The van der Waals surface area contributed by atoms with Crippen molar-refractivity contribution in [2.75, 3.05) is 38.9 Å². The first kappa shape index (κ1) is 33.5. The summed E-state index contributed by atoms with van der Waals surface area (Å²) in [6.45, 7) is 9.21. The van der Waals surface area contributed by atoms with Crippen LogP contribution >= 0.6 is 32.9 Å². The molecular weight excluding hydrogens is 728 g/mol. The van der Waals surface area contributed by atoms with Gasteiger partial charge < -0.3 is 18.4 Å². The molecule has 0 N–H and O–H groups in total. The molecule has 3 aliphatic heterocycles. The van der Waals surface area contributed by atoms with Crippen LogP contribution in [0.1, 0.15) is 123 Å². The van der Waals surface area contributed by atoms with Crippen LogP contribution in [0.3, 0.4) is 0 Å². The summed E-state index contributed by atoms with van der Waals surface area (Å²) < 4.78 is 67.2. The van der Waals surface area contributed by atoms with Gasteiger partial charge in [-0.15, -0.1) is 10.3 Å². The molecule has 6 nitrogen and oxygen atoms in total. The molecule has 5 heterocycles. The lowest BCUT2D eigenvalue weighted by Crippen LogP contribution is -2.46. The summed E-state index contributed by atoms with van der Waals surface area (Å²) in [5, 5.41) is 0. The van der Waals surface area contributed by atoms with Gasteiger partial charge in [-0.2, -0.15) is 13.2 Å². The number of rotatable bonds is 4. The second kappa shape index (κ2) is 11.8. The maximum absolute atomic E-state index is 13.6. The second-order valence-corrected chi connectivity index (χ2v) is 20.7. The van der Waals surface area contributed by atoms with Crippen molar-refractivity contribution in [1.82, 2.24) is 9.97 Å². The summed E-state index contributed by atoms with van der Waals surface area (Å²) in [6.07, 6.45) is 8.55. The van der Waals surface area contributed by atoms with Crippen molar-refractivity contribution in [3.8, 4) is 0 Å². The van der Waals surface area contributed by atoms with Gasteiger partial charge in [-0.1, -0.05) is 55.8 Å². The quantitative estimate of drug-likeness (QED) is 0.229. The van der Waals surface area contributed by atoms with Gasteiger partial charge in [0.15, 0.2) is 0 Å². The van der Waals surface area contributed by atoms with Crippen molar-refractivity contribution >= 4 is 32.9 Å². The van der Waals surface area contributed by atoms with E-state index >= 15 is 0 Å². The van der Waals surface area contributed by atoms with Gasteiger partial charge >= 0.3 is 6.18 Å². The van der Waals surface area contributed by atoms with Crippen molar-refractivity contribution in [1.29, 1.82) is 0 Å². The Bertz CT molecular complexity index is 1470. The molecule has 0 amide bonds. The molecule has 2 spiro atoms. The predicted octanol–water partition coefficient (Wildman–Crippen LogP) is 8.88. The molecule has 2 aliphatic carbocycles. The van der Waals surface area contributed by atoms with Gasteiger partial charge in [-0.05, 0) is 62.5 Å². The highest BCUT2D eigenvalue weighted by Crippen LogP contribution is 2.65. The molecule has 2 aromatic rings. The summed E-state index contributed by atoms with van der Waals surface area (Å²) in [5.41, 5.74) is 4.80. The van der Waals surface area contributed by atoms with E-state index in [9.17, 15) is 13.2 Å². The van der Waals surface area contributed by atoms with Gasteiger partial charge in [0.05, 0.1) is 22.3 Å². The van der Waals surface area contributed by atoms with Crippen LogP contribution in [0.5, 0.6) is 0 Å². The van der Waals surface area contributed by atoms with Crippen LogP contribution in [-0.2, 0) is 36.6 Å². The molecule has 254 valence electrons. The third-order valence-corrected chi connectivity index (χ3v) is 16.5. The normalized spacial score (nSPS) is 30.2. The molecule has 4 unspecified atom stereocenters. The Kier molecular flexibility index (Phi) is 8.61. The average molecular weight is 775 g/mol. The minimum absolute atomic E-state index is 0.00209. The average Bonchev–Trinajstić information content (AvgIpc) is 3.32. The first-order valence-corrected chi connectivity index (χ1v) is 20.2. The molecule has 11 heteroatoms. The highest BCUT2D eigenvalue weighted by molar-refractivity contribution is 14.1. The first-order valence-electron chi connectivity index (χ1n) is 16.6. The van der Waals surface area contributed by atoms with E-state index in [0.29, 0.717) is 38.4 Å². The van der Waals surface area contributed by atoms with Crippen LogP contribution in [0, 0.1) is 5.41 Å². The molecule has 46 heavy (non-hydrogen) atoms. The summed E-state index contributed by atoms with van der Waals surface area (Å²) in [7, 11) is -1.49. The Morgan fingerprint density at radius 3 is 2.33 bits per heavy atom.